The van der Waals surface area contributed by atoms with Crippen molar-refractivity contribution in [2.75, 3.05) is 0 Å². The molecule has 2 heterocycles. The molecule has 2 atom stereocenters. The molecule has 0 fully saturated rings. The van der Waals surface area contributed by atoms with E-state index in [2.05, 4.69) is 53.0 Å². The summed E-state index contributed by atoms with van der Waals surface area (Å²) in [7, 11) is 0. The van der Waals surface area contributed by atoms with Crippen molar-refractivity contribution in [2.45, 2.75) is 72.0 Å². The molecule has 0 saturated carbocycles. The van der Waals surface area contributed by atoms with Crippen molar-refractivity contribution in [1.82, 2.24) is 25.3 Å². The molecule has 6 nitrogen and oxygen atoms in total. The second kappa shape index (κ2) is 6.83. The largest absolute Gasteiger partial charge is 0.424 e. The summed E-state index contributed by atoms with van der Waals surface area (Å²) in [5, 5.41) is 16.5. The second-order valence-electron chi connectivity index (χ2n) is 6.83. The minimum atomic E-state index is 0.0457. The van der Waals surface area contributed by atoms with Crippen molar-refractivity contribution in [3.05, 3.63) is 29.2 Å². The van der Waals surface area contributed by atoms with Gasteiger partial charge in [-0.2, -0.15) is 5.10 Å². The zero-order chi connectivity index (χ0) is 16.4. The molecule has 1 aliphatic carbocycles. The Morgan fingerprint density at radius 3 is 2.91 bits per heavy atom. The van der Waals surface area contributed by atoms with Crippen LogP contribution < -0.4 is 5.32 Å². The summed E-state index contributed by atoms with van der Waals surface area (Å²) in [5.74, 6) is 1.93. The van der Waals surface area contributed by atoms with Crippen LogP contribution >= 0.6 is 0 Å². The van der Waals surface area contributed by atoms with Crippen LogP contribution in [0.1, 0.15) is 75.7 Å². The number of aryl methyl sites for hydroxylation is 1. The van der Waals surface area contributed by atoms with Crippen LogP contribution in [0.5, 0.6) is 0 Å². The zero-order valence-electron chi connectivity index (χ0n) is 14.5. The van der Waals surface area contributed by atoms with Crippen molar-refractivity contribution < 1.29 is 4.42 Å². The molecule has 0 aromatic carbocycles. The van der Waals surface area contributed by atoms with E-state index in [9.17, 15) is 0 Å². The van der Waals surface area contributed by atoms with Crippen LogP contribution in [-0.2, 0) is 19.4 Å². The Morgan fingerprint density at radius 2 is 2.17 bits per heavy atom. The number of fused-ring (bicyclic) bond motifs is 1. The minimum Gasteiger partial charge on any atom is -0.424 e. The molecule has 6 heteroatoms. The van der Waals surface area contributed by atoms with Crippen molar-refractivity contribution in [2.24, 2.45) is 5.92 Å². The summed E-state index contributed by atoms with van der Waals surface area (Å²) < 4.78 is 7.92. The average Bonchev–Trinajstić information content (AvgIpc) is 3.13. The predicted octanol–water partition coefficient (Wildman–Crippen LogP) is 3.21. The third-order valence-corrected chi connectivity index (χ3v) is 4.45. The third kappa shape index (κ3) is 3.47. The van der Waals surface area contributed by atoms with Gasteiger partial charge in [0.15, 0.2) is 0 Å². The Kier molecular flexibility index (Phi) is 4.80. The fourth-order valence-corrected chi connectivity index (χ4v) is 3.31. The van der Waals surface area contributed by atoms with E-state index in [4.69, 9.17) is 4.42 Å². The normalized spacial score (nSPS) is 19.1. The Labute approximate surface area is 137 Å². The highest BCUT2D eigenvalue weighted by Gasteiger charge is 2.26. The average molecular weight is 317 g/mol. The Hall–Kier alpha value is -1.69. The lowest BCUT2D eigenvalue weighted by atomic mass is 9.92. The minimum absolute atomic E-state index is 0.0457. The molecule has 0 amide bonds. The van der Waals surface area contributed by atoms with Crippen molar-refractivity contribution >= 4 is 0 Å². The highest BCUT2D eigenvalue weighted by Crippen LogP contribution is 2.31. The predicted molar refractivity (Wildman–Crippen MR) is 88.0 cm³/mol. The maximum atomic E-state index is 5.81. The van der Waals surface area contributed by atoms with Gasteiger partial charge in [0.1, 0.15) is 0 Å². The van der Waals surface area contributed by atoms with Gasteiger partial charge >= 0.3 is 0 Å². The Bertz CT molecular complexity index is 645. The first kappa shape index (κ1) is 16.2. The fourth-order valence-electron chi connectivity index (χ4n) is 3.31. The molecular formula is C17H27N5O. The fraction of sp³-hybridized carbons (Fsp3) is 0.706. The molecule has 0 aliphatic heterocycles. The van der Waals surface area contributed by atoms with E-state index in [1.165, 1.54) is 17.7 Å². The van der Waals surface area contributed by atoms with Crippen LogP contribution in [-0.4, -0.2) is 20.0 Å². The van der Waals surface area contributed by atoms with Crippen LogP contribution in [0.2, 0.25) is 0 Å². The van der Waals surface area contributed by atoms with Gasteiger partial charge in [-0.15, -0.1) is 10.2 Å². The van der Waals surface area contributed by atoms with Gasteiger partial charge in [-0.3, -0.25) is 10.00 Å². The van der Waals surface area contributed by atoms with Crippen LogP contribution in [0.4, 0.5) is 0 Å². The summed E-state index contributed by atoms with van der Waals surface area (Å²) in [6.07, 6.45) is 6.27. The van der Waals surface area contributed by atoms with Crippen LogP contribution in [0, 0.1) is 5.92 Å². The van der Waals surface area contributed by atoms with E-state index in [1.807, 2.05) is 6.20 Å². The van der Waals surface area contributed by atoms with Crippen LogP contribution in [0.3, 0.4) is 0 Å². The number of hydrogen-bond acceptors (Lipinski definition) is 5. The lowest BCUT2D eigenvalue weighted by Gasteiger charge is -2.26. The van der Waals surface area contributed by atoms with Gasteiger partial charge in [-0.1, -0.05) is 13.8 Å². The molecule has 0 unspecified atom stereocenters. The summed E-state index contributed by atoms with van der Waals surface area (Å²) >= 11 is 0. The van der Waals surface area contributed by atoms with Gasteiger partial charge in [0.05, 0.1) is 12.2 Å². The summed E-state index contributed by atoms with van der Waals surface area (Å²) in [6, 6.07) is 0.360. The highest BCUT2D eigenvalue weighted by molar-refractivity contribution is 5.25. The maximum Gasteiger partial charge on any atom is 0.233 e. The van der Waals surface area contributed by atoms with Crippen molar-refractivity contribution in [3.8, 4) is 0 Å². The monoisotopic (exact) mass is 317 g/mol. The van der Waals surface area contributed by atoms with Crippen molar-refractivity contribution in [3.63, 3.8) is 0 Å². The number of hydrogen-bond donors (Lipinski definition) is 1. The quantitative estimate of drug-likeness (QED) is 0.886. The molecule has 0 spiro atoms. The number of rotatable bonds is 6. The van der Waals surface area contributed by atoms with Crippen LogP contribution in [0.25, 0.3) is 0 Å². The molecule has 23 heavy (non-hydrogen) atoms. The Balaban J connectivity index is 1.70. The molecule has 3 rings (SSSR count). The number of aromatic nitrogens is 4. The molecule has 0 radical (unpaired) electrons. The van der Waals surface area contributed by atoms with Gasteiger partial charge in [0.2, 0.25) is 11.8 Å². The zero-order valence-corrected chi connectivity index (χ0v) is 14.5. The first-order chi connectivity index (χ1) is 11.1. The number of nitrogens with one attached hydrogen (secondary N) is 1. The molecule has 126 valence electrons. The van der Waals surface area contributed by atoms with Gasteiger partial charge in [0, 0.05) is 30.3 Å². The first-order valence-electron chi connectivity index (χ1n) is 8.71. The molecule has 0 saturated heterocycles. The molecule has 0 bridgehead atoms. The van der Waals surface area contributed by atoms with Crippen LogP contribution in [0.15, 0.2) is 10.6 Å². The summed E-state index contributed by atoms with van der Waals surface area (Å²) in [5.41, 5.74) is 2.70. The second-order valence-corrected chi connectivity index (χ2v) is 6.83. The van der Waals surface area contributed by atoms with E-state index < -0.39 is 0 Å². The van der Waals surface area contributed by atoms with Crippen molar-refractivity contribution in [1.29, 1.82) is 0 Å². The van der Waals surface area contributed by atoms with E-state index in [0.717, 1.165) is 31.7 Å². The Morgan fingerprint density at radius 1 is 1.35 bits per heavy atom. The summed E-state index contributed by atoms with van der Waals surface area (Å²) in [4.78, 5) is 0. The van der Waals surface area contributed by atoms with Gasteiger partial charge in [0.25, 0.3) is 0 Å². The topological polar surface area (TPSA) is 68.8 Å². The van der Waals surface area contributed by atoms with E-state index in [-0.39, 0.29) is 6.04 Å². The smallest absolute Gasteiger partial charge is 0.233 e. The SMILES string of the molecule is CCn1ncc2c1CCC[C@H]2N[C@@H](C)c1nnc(CC(C)C)o1. The number of nitrogens with zero attached hydrogens (tertiary/aromatic N) is 4. The standard InChI is InChI=1S/C17H27N5O/c1-5-22-15-8-6-7-14(13(15)10-18-22)19-12(4)17-21-20-16(23-17)9-11(2)3/h10-12,14,19H,5-9H2,1-4H3/t12-,14+/m0/s1. The lowest BCUT2D eigenvalue weighted by Crippen LogP contribution is -2.28. The van der Waals surface area contributed by atoms with E-state index in [1.54, 1.807) is 0 Å². The molecule has 1 aliphatic rings. The van der Waals surface area contributed by atoms with E-state index >= 15 is 0 Å². The molecular weight excluding hydrogens is 290 g/mol. The maximum absolute atomic E-state index is 5.81. The third-order valence-electron chi connectivity index (χ3n) is 4.45. The highest BCUT2D eigenvalue weighted by atomic mass is 16.4. The van der Waals surface area contributed by atoms with Gasteiger partial charge in [-0.25, -0.2) is 0 Å². The molecule has 2 aromatic rings. The van der Waals surface area contributed by atoms with E-state index in [0.29, 0.717) is 17.9 Å². The molecule has 2 aromatic heterocycles. The van der Waals surface area contributed by atoms with Gasteiger partial charge < -0.3 is 4.42 Å². The van der Waals surface area contributed by atoms with Gasteiger partial charge in [-0.05, 0) is 39.0 Å². The summed E-state index contributed by atoms with van der Waals surface area (Å²) in [6.45, 7) is 9.47. The first-order valence-corrected chi connectivity index (χ1v) is 8.71. The lowest BCUT2D eigenvalue weighted by molar-refractivity contribution is 0.341. The molecule has 1 N–H and O–H groups in total.